The van der Waals surface area contributed by atoms with Crippen molar-refractivity contribution in [1.29, 1.82) is 0 Å². The molecular weight excluding hydrogens is 367 g/mol. The van der Waals surface area contributed by atoms with E-state index in [1.807, 2.05) is 12.1 Å². The number of halogens is 3. The molecular formula is C21H22F3N3O. The van der Waals surface area contributed by atoms with E-state index in [2.05, 4.69) is 16.4 Å². The van der Waals surface area contributed by atoms with E-state index in [0.29, 0.717) is 19.4 Å². The molecule has 1 N–H and O–H groups in total. The fraction of sp³-hybridized carbons (Fsp3) is 0.429. The maximum Gasteiger partial charge on any atom is 0.419 e. The SMILES string of the molecule is O=C(Nc1ccc2c(c1)CCC2)C1CCCN(c2ncccc2C(F)(F)F)C1. The highest BCUT2D eigenvalue weighted by atomic mass is 19.4. The number of amides is 1. The molecule has 1 atom stereocenters. The average molecular weight is 389 g/mol. The lowest BCUT2D eigenvalue weighted by atomic mass is 9.96. The smallest absolute Gasteiger partial charge is 0.355 e. The van der Waals surface area contributed by atoms with Gasteiger partial charge in [-0.05, 0) is 67.5 Å². The van der Waals surface area contributed by atoms with Gasteiger partial charge in [-0.25, -0.2) is 4.98 Å². The third-order valence-electron chi connectivity index (χ3n) is 5.55. The average Bonchev–Trinajstić information content (AvgIpc) is 3.15. The lowest BCUT2D eigenvalue weighted by Crippen LogP contribution is -2.42. The first kappa shape index (κ1) is 18.8. The number of anilines is 2. The minimum Gasteiger partial charge on any atom is -0.355 e. The van der Waals surface area contributed by atoms with E-state index in [4.69, 9.17) is 0 Å². The van der Waals surface area contributed by atoms with E-state index in [9.17, 15) is 18.0 Å². The molecule has 28 heavy (non-hydrogen) atoms. The molecule has 1 fully saturated rings. The number of hydrogen-bond acceptors (Lipinski definition) is 3. The lowest BCUT2D eigenvalue weighted by molar-refractivity contribution is -0.137. The van der Waals surface area contributed by atoms with Gasteiger partial charge in [0, 0.05) is 25.0 Å². The summed E-state index contributed by atoms with van der Waals surface area (Å²) in [6.07, 6.45) is 1.43. The second-order valence-electron chi connectivity index (χ2n) is 7.48. The van der Waals surface area contributed by atoms with Crippen LogP contribution < -0.4 is 10.2 Å². The third-order valence-corrected chi connectivity index (χ3v) is 5.55. The Balaban J connectivity index is 1.48. The molecule has 0 saturated carbocycles. The summed E-state index contributed by atoms with van der Waals surface area (Å²) >= 11 is 0. The molecule has 1 amide bonds. The van der Waals surface area contributed by atoms with Gasteiger partial charge in [0.05, 0.1) is 11.5 Å². The molecule has 1 aromatic carbocycles. The number of benzene rings is 1. The third kappa shape index (κ3) is 3.84. The summed E-state index contributed by atoms with van der Waals surface area (Å²) in [6.45, 7) is 0.694. The Morgan fingerprint density at radius 3 is 2.79 bits per heavy atom. The van der Waals surface area contributed by atoms with Crippen LogP contribution in [0.5, 0.6) is 0 Å². The van der Waals surface area contributed by atoms with Gasteiger partial charge in [0.15, 0.2) is 0 Å². The van der Waals surface area contributed by atoms with Gasteiger partial charge in [0.2, 0.25) is 5.91 Å². The molecule has 1 aromatic heterocycles. The summed E-state index contributed by atoms with van der Waals surface area (Å²) in [5.41, 5.74) is 2.61. The summed E-state index contributed by atoms with van der Waals surface area (Å²) in [4.78, 5) is 18.3. The van der Waals surface area contributed by atoms with Crippen LogP contribution in [0.1, 0.15) is 36.0 Å². The number of carbonyl (C=O) groups is 1. The molecule has 2 heterocycles. The van der Waals surface area contributed by atoms with Crippen molar-refractivity contribution in [2.45, 2.75) is 38.3 Å². The Kier molecular flexibility index (Phi) is 5.00. The number of nitrogens with zero attached hydrogens (tertiary/aromatic N) is 2. The summed E-state index contributed by atoms with van der Waals surface area (Å²) in [7, 11) is 0. The number of alkyl halides is 3. The predicted octanol–water partition coefficient (Wildman–Crippen LogP) is 4.44. The van der Waals surface area contributed by atoms with Crippen LogP contribution in [-0.2, 0) is 23.8 Å². The zero-order chi connectivity index (χ0) is 19.7. The van der Waals surface area contributed by atoms with Crippen molar-refractivity contribution in [2.75, 3.05) is 23.3 Å². The quantitative estimate of drug-likeness (QED) is 0.844. The first-order valence-corrected chi connectivity index (χ1v) is 9.61. The molecule has 7 heteroatoms. The standard InChI is InChI=1S/C21H22F3N3O/c22-21(23,24)18-7-2-10-25-19(18)27-11-3-6-16(13-27)20(28)26-17-9-8-14-4-1-5-15(14)12-17/h2,7-10,12,16H,1,3-6,11,13H2,(H,26,28). The molecule has 1 aliphatic carbocycles. The lowest BCUT2D eigenvalue weighted by Gasteiger charge is -2.34. The zero-order valence-corrected chi connectivity index (χ0v) is 15.4. The van der Waals surface area contributed by atoms with Gasteiger partial charge in [-0.15, -0.1) is 0 Å². The molecule has 4 rings (SSSR count). The van der Waals surface area contributed by atoms with Crippen molar-refractivity contribution in [3.8, 4) is 0 Å². The van der Waals surface area contributed by atoms with Crippen LogP contribution in [0, 0.1) is 5.92 Å². The molecule has 0 radical (unpaired) electrons. The van der Waals surface area contributed by atoms with Crippen LogP contribution in [0.4, 0.5) is 24.7 Å². The molecule has 4 nitrogen and oxygen atoms in total. The van der Waals surface area contributed by atoms with Crippen LogP contribution in [0.15, 0.2) is 36.5 Å². The molecule has 1 unspecified atom stereocenters. The van der Waals surface area contributed by atoms with Gasteiger partial charge in [-0.2, -0.15) is 13.2 Å². The van der Waals surface area contributed by atoms with E-state index in [0.717, 1.165) is 31.0 Å². The highest BCUT2D eigenvalue weighted by Gasteiger charge is 2.37. The number of fused-ring (bicyclic) bond motifs is 1. The van der Waals surface area contributed by atoms with Gasteiger partial charge in [0.25, 0.3) is 0 Å². The Morgan fingerprint density at radius 2 is 1.96 bits per heavy atom. The van der Waals surface area contributed by atoms with E-state index < -0.39 is 11.7 Å². The van der Waals surface area contributed by atoms with Crippen molar-refractivity contribution in [2.24, 2.45) is 5.92 Å². The summed E-state index contributed by atoms with van der Waals surface area (Å²) in [5, 5.41) is 2.95. The summed E-state index contributed by atoms with van der Waals surface area (Å²) in [5.74, 6) is -0.609. The topological polar surface area (TPSA) is 45.2 Å². The first-order chi connectivity index (χ1) is 13.4. The van der Waals surface area contributed by atoms with Crippen molar-refractivity contribution in [3.63, 3.8) is 0 Å². The molecule has 1 saturated heterocycles. The van der Waals surface area contributed by atoms with Crippen molar-refractivity contribution in [3.05, 3.63) is 53.2 Å². The van der Waals surface area contributed by atoms with E-state index in [1.165, 1.54) is 23.4 Å². The minimum atomic E-state index is -4.47. The maximum atomic E-state index is 13.3. The second-order valence-corrected chi connectivity index (χ2v) is 7.48. The van der Waals surface area contributed by atoms with Gasteiger partial charge >= 0.3 is 6.18 Å². The summed E-state index contributed by atoms with van der Waals surface area (Å²) in [6, 6.07) is 8.30. The predicted molar refractivity (Wildman–Crippen MR) is 101 cm³/mol. The molecule has 0 spiro atoms. The van der Waals surface area contributed by atoms with Crippen LogP contribution in [-0.4, -0.2) is 24.0 Å². The molecule has 1 aliphatic heterocycles. The normalized spacial score (nSPS) is 19.4. The van der Waals surface area contributed by atoms with E-state index >= 15 is 0 Å². The molecule has 0 bridgehead atoms. The first-order valence-electron chi connectivity index (χ1n) is 9.61. The van der Waals surface area contributed by atoms with E-state index in [1.54, 1.807) is 4.90 Å². The number of aryl methyl sites for hydroxylation is 2. The van der Waals surface area contributed by atoms with Crippen LogP contribution in [0.2, 0.25) is 0 Å². The Hall–Kier alpha value is -2.57. The number of pyridine rings is 1. The van der Waals surface area contributed by atoms with Crippen LogP contribution in [0.3, 0.4) is 0 Å². The Bertz CT molecular complexity index is 881. The number of aromatic nitrogens is 1. The fourth-order valence-corrected chi connectivity index (χ4v) is 4.15. The van der Waals surface area contributed by atoms with Crippen LogP contribution >= 0.6 is 0 Å². The Labute approximate surface area is 161 Å². The van der Waals surface area contributed by atoms with Gasteiger partial charge in [-0.1, -0.05) is 6.07 Å². The largest absolute Gasteiger partial charge is 0.419 e. The maximum absolute atomic E-state index is 13.3. The second kappa shape index (κ2) is 7.45. The number of rotatable bonds is 3. The molecule has 2 aliphatic rings. The van der Waals surface area contributed by atoms with Crippen molar-refractivity contribution in [1.82, 2.24) is 4.98 Å². The highest BCUT2D eigenvalue weighted by molar-refractivity contribution is 5.93. The highest BCUT2D eigenvalue weighted by Crippen LogP contribution is 2.36. The Morgan fingerprint density at radius 1 is 1.14 bits per heavy atom. The molecule has 148 valence electrons. The number of carbonyl (C=O) groups excluding carboxylic acids is 1. The van der Waals surface area contributed by atoms with Crippen LogP contribution in [0.25, 0.3) is 0 Å². The number of nitrogens with one attached hydrogen (secondary N) is 1. The van der Waals surface area contributed by atoms with Gasteiger partial charge in [-0.3, -0.25) is 4.79 Å². The zero-order valence-electron chi connectivity index (χ0n) is 15.4. The van der Waals surface area contributed by atoms with Gasteiger partial charge < -0.3 is 10.2 Å². The van der Waals surface area contributed by atoms with E-state index in [-0.39, 0.29) is 24.2 Å². The summed E-state index contributed by atoms with van der Waals surface area (Å²) < 4.78 is 39.9. The monoisotopic (exact) mass is 389 g/mol. The fourth-order valence-electron chi connectivity index (χ4n) is 4.15. The van der Waals surface area contributed by atoms with Crippen molar-refractivity contribution >= 4 is 17.4 Å². The number of hydrogen-bond donors (Lipinski definition) is 1. The van der Waals surface area contributed by atoms with Crippen molar-refractivity contribution < 1.29 is 18.0 Å². The molecule has 2 aromatic rings. The minimum absolute atomic E-state index is 0.0926. The number of piperidine rings is 1. The van der Waals surface area contributed by atoms with Gasteiger partial charge in [0.1, 0.15) is 5.82 Å².